The average Bonchev–Trinajstić information content (AvgIpc) is 3.23. The molecule has 1 aliphatic heterocycles. The van der Waals surface area contributed by atoms with Gasteiger partial charge in [-0.05, 0) is 48.1 Å². The summed E-state index contributed by atoms with van der Waals surface area (Å²) in [5, 5.41) is 12.2. The number of carbonyl (C=O) groups excluding carboxylic acids is 1. The van der Waals surface area contributed by atoms with Gasteiger partial charge in [0.05, 0.1) is 6.61 Å². The van der Waals surface area contributed by atoms with Crippen molar-refractivity contribution in [2.75, 3.05) is 11.9 Å². The minimum atomic E-state index is -0.833. The van der Waals surface area contributed by atoms with E-state index in [9.17, 15) is 9.59 Å². The standard InChI is InChI=1S/C30H29N3O4/c34-28(35)15-8-16-37-24-14-7-11-22(17-24)19-26-30(36)33-20-27(23-12-5-2-6-13-23)31-25(29(33)32-26)18-21-9-3-1-4-10-21/h1,3-5,7,9-14,17,20,26H,2,6,8,15-16,18-19H2,(H,34,35)/p+1. The van der Waals surface area contributed by atoms with Gasteiger partial charge >= 0.3 is 17.7 Å². The Kier molecular flexibility index (Phi) is 7.40. The minimum absolute atomic E-state index is 0.0128. The van der Waals surface area contributed by atoms with Gasteiger partial charge in [-0.3, -0.25) is 10.1 Å². The van der Waals surface area contributed by atoms with Crippen molar-refractivity contribution in [3.05, 3.63) is 102 Å². The first-order chi connectivity index (χ1) is 18.1. The summed E-state index contributed by atoms with van der Waals surface area (Å²) in [5.41, 5.74) is 4.78. The number of aliphatic carboxylic acids is 1. The lowest BCUT2D eigenvalue weighted by atomic mass is 10.0. The van der Waals surface area contributed by atoms with Gasteiger partial charge in [0.2, 0.25) is 0 Å². The molecule has 0 saturated heterocycles. The van der Waals surface area contributed by atoms with E-state index in [-0.39, 0.29) is 12.3 Å². The molecule has 2 N–H and O–H groups in total. The third-order valence-corrected chi connectivity index (χ3v) is 6.51. The van der Waals surface area contributed by atoms with Gasteiger partial charge in [0, 0.05) is 19.3 Å². The summed E-state index contributed by atoms with van der Waals surface area (Å²) in [4.78, 5) is 29.3. The van der Waals surface area contributed by atoms with E-state index in [2.05, 4.69) is 35.7 Å². The lowest BCUT2D eigenvalue weighted by molar-refractivity contribution is -0.553. The molecule has 37 heavy (non-hydrogen) atoms. The molecule has 2 aromatic carbocycles. The Balaban J connectivity index is 1.37. The molecule has 1 aliphatic carbocycles. The van der Waals surface area contributed by atoms with E-state index in [1.165, 1.54) is 0 Å². The number of rotatable bonds is 10. The molecule has 0 fully saturated rings. The summed E-state index contributed by atoms with van der Waals surface area (Å²) < 4.78 is 7.45. The molecule has 7 nitrogen and oxygen atoms in total. The Morgan fingerprint density at radius 3 is 2.73 bits per heavy atom. The number of carboxylic acids is 1. The maximum atomic E-state index is 13.5. The zero-order chi connectivity index (χ0) is 25.6. The highest BCUT2D eigenvalue weighted by Crippen LogP contribution is 2.26. The highest BCUT2D eigenvalue weighted by molar-refractivity contribution is 5.83. The molecule has 0 saturated carbocycles. The van der Waals surface area contributed by atoms with E-state index in [1.807, 2.05) is 48.7 Å². The van der Waals surface area contributed by atoms with Crippen molar-refractivity contribution >= 4 is 23.3 Å². The fraction of sp³-hybridized carbons (Fsp3) is 0.267. The molecule has 0 amide bonds. The molecule has 7 heteroatoms. The molecule has 1 aromatic heterocycles. The number of allylic oxidation sites excluding steroid dienone is 4. The van der Waals surface area contributed by atoms with Crippen molar-refractivity contribution < 1.29 is 24.0 Å². The van der Waals surface area contributed by atoms with Gasteiger partial charge in [0.15, 0.2) is 6.04 Å². The second-order valence-electron chi connectivity index (χ2n) is 9.33. The number of carbonyl (C=O) groups is 2. The zero-order valence-corrected chi connectivity index (χ0v) is 20.6. The minimum Gasteiger partial charge on any atom is -0.494 e. The number of carboxylic acid groups (broad SMARTS) is 1. The van der Waals surface area contributed by atoms with Gasteiger partial charge in [-0.2, -0.15) is 4.57 Å². The third kappa shape index (κ3) is 5.94. The van der Waals surface area contributed by atoms with E-state index < -0.39 is 12.0 Å². The molecule has 3 aromatic rings. The molecule has 2 aliphatic rings. The number of nitrogens with zero attached hydrogens (tertiary/aromatic N) is 2. The molecule has 0 spiro atoms. The first kappa shape index (κ1) is 24.4. The molecule has 1 atom stereocenters. The molecular formula is C30H30N3O4+. The molecule has 0 bridgehead atoms. The topological polar surface area (TPSA) is 92.4 Å². The average molecular weight is 497 g/mol. The number of anilines is 1. The second kappa shape index (κ2) is 11.2. The predicted molar refractivity (Wildman–Crippen MR) is 141 cm³/mol. The molecule has 0 radical (unpaired) electrons. The maximum Gasteiger partial charge on any atom is 0.359 e. The van der Waals surface area contributed by atoms with Crippen LogP contribution in [0.15, 0.2) is 79.0 Å². The number of fused-ring (bicyclic) bond motifs is 1. The summed E-state index contributed by atoms with van der Waals surface area (Å²) in [6.07, 6.45) is 11.9. The van der Waals surface area contributed by atoms with Gasteiger partial charge in [0.25, 0.3) is 0 Å². The smallest absolute Gasteiger partial charge is 0.359 e. The van der Waals surface area contributed by atoms with Crippen molar-refractivity contribution in [1.82, 2.24) is 4.98 Å². The van der Waals surface area contributed by atoms with E-state index in [1.54, 1.807) is 4.57 Å². The number of hydrogen-bond acceptors (Lipinski definition) is 5. The van der Waals surface area contributed by atoms with Crippen molar-refractivity contribution in [2.24, 2.45) is 0 Å². The van der Waals surface area contributed by atoms with Crippen LogP contribution in [0.4, 0.5) is 5.82 Å². The second-order valence-corrected chi connectivity index (χ2v) is 9.33. The molecule has 5 rings (SSSR count). The van der Waals surface area contributed by atoms with Crippen LogP contribution in [-0.2, 0) is 17.6 Å². The van der Waals surface area contributed by atoms with Crippen molar-refractivity contribution in [3.8, 4) is 5.75 Å². The van der Waals surface area contributed by atoms with Crippen LogP contribution in [0.1, 0.15) is 53.0 Å². The monoisotopic (exact) mass is 496 g/mol. The molecule has 2 heterocycles. The summed E-state index contributed by atoms with van der Waals surface area (Å²) in [5.74, 6) is 0.564. The van der Waals surface area contributed by atoms with Gasteiger partial charge in [0.1, 0.15) is 23.3 Å². The summed E-state index contributed by atoms with van der Waals surface area (Å²) in [6, 6.07) is 17.4. The summed E-state index contributed by atoms with van der Waals surface area (Å²) >= 11 is 0. The Hall–Kier alpha value is -4.26. The van der Waals surface area contributed by atoms with Crippen LogP contribution in [0.3, 0.4) is 0 Å². The van der Waals surface area contributed by atoms with E-state index in [4.69, 9.17) is 14.8 Å². The highest BCUT2D eigenvalue weighted by atomic mass is 16.5. The molecular weight excluding hydrogens is 466 g/mol. The van der Waals surface area contributed by atoms with Crippen LogP contribution in [0.25, 0.3) is 5.57 Å². The normalized spacial score (nSPS) is 16.2. The fourth-order valence-electron chi connectivity index (χ4n) is 4.68. The largest absolute Gasteiger partial charge is 0.494 e. The predicted octanol–water partition coefficient (Wildman–Crippen LogP) is 4.61. The third-order valence-electron chi connectivity index (χ3n) is 6.51. The van der Waals surface area contributed by atoms with Crippen LogP contribution < -0.4 is 14.6 Å². The number of benzene rings is 2. The number of aromatic nitrogens is 2. The Bertz CT molecular complexity index is 1360. The Morgan fingerprint density at radius 1 is 1.11 bits per heavy atom. The van der Waals surface area contributed by atoms with Crippen LogP contribution in [-0.4, -0.2) is 34.6 Å². The summed E-state index contributed by atoms with van der Waals surface area (Å²) in [7, 11) is 0. The lowest BCUT2D eigenvalue weighted by Gasteiger charge is -2.09. The van der Waals surface area contributed by atoms with Gasteiger partial charge in [-0.1, -0.05) is 60.7 Å². The Morgan fingerprint density at radius 2 is 1.95 bits per heavy atom. The molecule has 188 valence electrons. The van der Waals surface area contributed by atoms with Crippen molar-refractivity contribution in [3.63, 3.8) is 0 Å². The van der Waals surface area contributed by atoms with Crippen LogP contribution in [0, 0.1) is 0 Å². The van der Waals surface area contributed by atoms with E-state index >= 15 is 0 Å². The zero-order valence-electron chi connectivity index (χ0n) is 20.6. The van der Waals surface area contributed by atoms with Gasteiger partial charge in [-0.25, -0.2) is 9.78 Å². The number of nitrogens with one attached hydrogen (secondary N) is 1. The van der Waals surface area contributed by atoms with Gasteiger partial charge < -0.3 is 9.84 Å². The van der Waals surface area contributed by atoms with E-state index in [0.717, 1.165) is 46.7 Å². The first-order valence-corrected chi connectivity index (χ1v) is 12.7. The Labute approximate surface area is 216 Å². The van der Waals surface area contributed by atoms with Crippen molar-refractivity contribution in [1.29, 1.82) is 0 Å². The van der Waals surface area contributed by atoms with Gasteiger partial charge in [-0.15, -0.1) is 0 Å². The first-order valence-electron chi connectivity index (χ1n) is 12.7. The quantitative estimate of drug-likeness (QED) is 0.315. The van der Waals surface area contributed by atoms with Crippen molar-refractivity contribution in [2.45, 2.75) is 44.6 Å². The number of ether oxygens (including phenoxy) is 1. The maximum absolute atomic E-state index is 13.5. The van der Waals surface area contributed by atoms with E-state index in [0.29, 0.717) is 31.6 Å². The lowest BCUT2D eigenvalue weighted by Crippen LogP contribution is -2.44. The SMILES string of the molecule is O=C(O)CCCOc1cccc(CC2Nc3c(Cc4ccccc4)nc(C4=CCCC=C4)c[n+]3C2=O)c1. The number of hydrogen-bond donors (Lipinski definition) is 2. The summed E-state index contributed by atoms with van der Waals surface area (Å²) in [6.45, 7) is 0.333. The fourth-order valence-corrected chi connectivity index (χ4v) is 4.68. The molecule has 1 unspecified atom stereocenters. The van der Waals surface area contributed by atoms with Crippen LogP contribution >= 0.6 is 0 Å². The highest BCUT2D eigenvalue weighted by Gasteiger charge is 2.41. The van der Waals surface area contributed by atoms with Crippen LogP contribution in [0.5, 0.6) is 5.75 Å². The van der Waals surface area contributed by atoms with Crippen LogP contribution in [0.2, 0.25) is 0 Å².